The SMILES string of the molecule is [2H]c1c([2H])c([2H])c2c(c1[2H])c1c([2H])c([2H])c([2H])c([2H])c1n2-c1ccc2c(c1)N(c1cccc3c1oc1c(-c4ccc5c(c4)c4ccccc4n5-c4ccccc4)cccc13)c1cc(-c3cc(C(C)(C)C)cc(C(C)(C)C)c3)cc3c1B2c1ccc(-n2c4ccc(C(C)(C)C)cc4c4cc(C(C)(C)C)ccc42)cc1N3c1ccc(-c2ccccc2)cc1-c1ccccc1. The van der Waals surface area contributed by atoms with Gasteiger partial charge < -0.3 is 27.9 Å². The number of aromatic nitrogens is 3. The van der Waals surface area contributed by atoms with Crippen LogP contribution in [0.3, 0.4) is 0 Å². The van der Waals surface area contributed by atoms with Crippen molar-refractivity contribution in [3.8, 4) is 61.6 Å². The van der Waals surface area contributed by atoms with Crippen LogP contribution in [0.1, 0.15) is 116 Å². The van der Waals surface area contributed by atoms with Gasteiger partial charge in [0.2, 0.25) is 0 Å². The summed E-state index contributed by atoms with van der Waals surface area (Å²) >= 11 is 0. The highest BCUT2D eigenvalue weighted by Gasteiger charge is 2.46. The number of fused-ring (bicyclic) bond motifs is 16. The van der Waals surface area contributed by atoms with E-state index in [0.717, 1.165) is 139 Å². The van der Waals surface area contributed by atoms with Crippen LogP contribution >= 0.6 is 0 Å². The minimum absolute atomic E-state index is 0.00502. The van der Waals surface area contributed by atoms with E-state index in [1.807, 2.05) is 6.07 Å². The fourth-order valence-corrected chi connectivity index (χ4v) is 19.1. The number of hydrogen-bond donors (Lipinski definition) is 0. The molecular weight excluding hydrogens is 1440 g/mol. The molecule has 0 N–H and O–H groups in total. The zero-order valence-electron chi connectivity index (χ0n) is 76.9. The monoisotopic (exact) mass is 1540 g/mol. The fraction of sp³-hybridized carbons (Fsp3) is 0.143. The van der Waals surface area contributed by atoms with Crippen molar-refractivity contribution in [2.45, 2.75) is 105 Å². The van der Waals surface area contributed by atoms with Gasteiger partial charge in [0.15, 0.2) is 5.58 Å². The maximum Gasteiger partial charge on any atom is 0.252 e. The van der Waals surface area contributed by atoms with E-state index in [1.54, 1.807) is 4.57 Å². The number of anilines is 6. The second-order valence-corrected chi connectivity index (χ2v) is 36.7. The van der Waals surface area contributed by atoms with Crippen molar-refractivity contribution < 1.29 is 15.4 Å². The average molecular weight is 1540 g/mol. The lowest BCUT2D eigenvalue weighted by molar-refractivity contribution is 0.569. The normalized spacial score (nSPS) is 14.1. The number of nitrogens with zero attached hydrogens (tertiary/aromatic N) is 5. The molecule has 574 valence electrons. The van der Waals surface area contributed by atoms with Crippen molar-refractivity contribution in [3.05, 3.63) is 362 Å². The number of hydrogen-bond acceptors (Lipinski definition) is 3. The van der Waals surface area contributed by atoms with E-state index < -0.39 is 43.0 Å². The van der Waals surface area contributed by atoms with Crippen molar-refractivity contribution in [2.24, 2.45) is 0 Å². The Morgan fingerprint density at radius 3 is 1.30 bits per heavy atom. The molecule has 0 atom stereocenters. The van der Waals surface area contributed by atoms with Gasteiger partial charge in [-0.05, 0) is 215 Å². The van der Waals surface area contributed by atoms with Crippen LogP contribution in [0.2, 0.25) is 0 Å². The second-order valence-electron chi connectivity index (χ2n) is 36.7. The van der Waals surface area contributed by atoms with Gasteiger partial charge in [0.1, 0.15) is 5.58 Å². The summed E-state index contributed by atoms with van der Waals surface area (Å²) in [6.07, 6.45) is 0. The van der Waals surface area contributed by atoms with E-state index in [-0.39, 0.29) is 55.6 Å². The van der Waals surface area contributed by atoms with Gasteiger partial charge in [-0.25, -0.2) is 0 Å². The molecule has 0 amide bonds. The van der Waals surface area contributed by atoms with Gasteiger partial charge in [-0.2, -0.15) is 0 Å². The summed E-state index contributed by atoms with van der Waals surface area (Å²) in [4.78, 5) is 4.90. The first-order chi connectivity index (χ1) is 60.9. The predicted molar refractivity (Wildman–Crippen MR) is 507 cm³/mol. The Morgan fingerprint density at radius 2 is 0.714 bits per heavy atom. The molecule has 0 fully saturated rings. The molecule has 0 saturated heterocycles. The number of furan rings is 1. The van der Waals surface area contributed by atoms with E-state index in [2.05, 4.69) is 387 Å². The Morgan fingerprint density at radius 1 is 0.252 bits per heavy atom. The molecule has 2 aliphatic heterocycles. The predicted octanol–water partition coefficient (Wildman–Crippen LogP) is 28.8. The Balaban J connectivity index is 0.890. The Kier molecular flexibility index (Phi) is 14.1. The van der Waals surface area contributed by atoms with Gasteiger partial charge in [-0.3, -0.25) is 0 Å². The minimum atomic E-state index is -0.548. The molecule has 0 spiro atoms. The van der Waals surface area contributed by atoms with Crippen LogP contribution in [0.4, 0.5) is 34.1 Å². The van der Waals surface area contributed by atoms with Crippen molar-refractivity contribution in [3.63, 3.8) is 0 Å². The molecule has 0 saturated carbocycles. The third-order valence-electron chi connectivity index (χ3n) is 25.3. The Bertz CT molecular complexity index is 7930. The Labute approximate surface area is 707 Å². The lowest BCUT2D eigenvalue weighted by Crippen LogP contribution is -2.61. The fourth-order valence-electron chi connectivity index (χ4n) is 19.1. The highest BCUT2D eigenvalue weighted by molar-refractivity contribution is 7.00. The molecule has 0 radical (unpaired) electrons. The number of para-hydroxylation sites is 6. The average Bonchev–Trinajstić information content (AvgIpc) is 1.39. The van der Waals surface area contributed by atoms with Crippen molar-refractivity contribution >= 4 is 145 Å². The molecule has 16 aromatic carbocycles. The van der Waals surface area contributed by atoms with Crippen LogP contribution in [-0.4, -0.2) is 20.4 Å². The largest absolute Gasteiger partial charge is 0.453 e. The summed E-state index contributed by atoms with van der Waals surface area (Å²) < 4.78 is 90.7. The zero-order valence-corrected chi connectivity index (χ0v) is 68.9. The van der Waals surface area contributed by atoms with Gasteiger partial charge in [-0.1, -0.05) is 301 Å². The van der Waals surface area contributed by atoms with Gasteiger partial charge in [0.05, 0.1) is 55.4 Å². The molecule has 4 aromatic heterocycles. The zero-order chi connectivity index (χ0) is 87.8. The van der Waals surface area contributed by atoms with Crippen LogP contribution in [0, 0.1) is 0 Å². The van der Waals surface area contributed by atoms with E-state index >= 15 is 0 Å². The molecule has 6 nitrogen and oxygen atoms in total. The summed E-state index contributed by atoms with van der Waals surface area (Å²) in [6.45, 7) is 26.9. The summed E-state index contributed by atoms with van der Waals surface area (Å²) in [5.41, 5.74) is 28.3. The number of benzene rings is 16. The van der Waals surface area contributed by atoms with Gasteiger partial charge in [0.25, 0.3) is 6.71 Å². The van der Waals surface area contributed by atoms with E-state index in [9.17, 15) is 11.0 Å². The number of rotatable bonds is 9. The molecule has 6 heterocycles. The quantitative estimate of drug-likeness (QED) is 0.135. The third-order valence-corrected chi connectivity index (χ3v) is 25.3. The van der Waals surface area contributed by atoms with Crippen LogP contribution in [0.25, 0.3) is 149 Å². The van der Waals surface area contributed by atoms with Crippen LogP contribution in [0.15, 0.2) is 344 Å². The van der Waals surface area contributed by atoms with Crippen LogP contribution in [-0.2, 0) is 21.7 Å². The first kappa shape index (κ1) is 63.6. The van der Waals surface area contributed by atoms with Gasteiger partial charge >= 0.3 is 0 Å². The van der Waals surface area contributed by atoms with Crippen LogP contribution < -0.4 is 26.2 Å². The lowest BCUT2D eigenvalue weighted by atomic mass is 9.33. The molecule has 22 rings (SSSR count). The van der Waals surface area contributed by atoms with E-state index in [4.69, 9.17) is 4.42 Å². The van der Waals surface area contributed by atoms with Crippen molar-refractivity contribution in [1.29, 1.82) is 0 Å². The molecule has 0 unspecified atom stereocenters. The van der Waals surface area contributed by atoms with E-state index in [0.29, 0.717) is 28.2 Å². The molecule has 2 aliphatic rings. The summed E-state index contributed by atoms with van der Waals surface area (Å²) in [6, 6.07) is 103. The smallest absolute Gasteiger partial charge is 0.252 e. The molecule has 0 bridgehead atoms. The molecular formula is C112H92BN5O. The first-order valence-corrected chi connectivity index (χ1v) is 41.5. The standard InChI is InChI=1S/C112H92BN5O/c1-109(2,3)75-48-56-99-90(65-75)91-66-76(110(4,5)6)49-57-100(91)116(99)81-51-52-92-102(67-81)117(97-54-46-71(69-30-16-13-17-31-69)60-88(97)70-32-18-14-19-33-70)104-62-74(73-58-77(111(7,8)9)64-78(59-73)112(10,11)12)63-105-106(104)113(92)93-53-50-80(115-94-42-25-22-36-83(94)84-37-23-26-43-95(84)115)68-103(93)118(105)101-45-29-41-87-86-40-28-39-82(107(86)119-108(87)101)72-47-55-98-89(61-72)85-38-24-27-44-96(85)114(98)79-34-20-15-21-35-79/h13-68H,1-12H3/i22D,23D,25D,26D,36D,37D,42D,43D. The van der Waals surface area contributed by atoms with Crippen LogP contribution in [0.5, 0.6) is 0 Å². The minimum Gasteiger partial charge on any atom is -0.453 e. The maximum atomic E-state index is 9.96. The third kappa shape index (κ3) is 11.4. The van der Waals surface area contributed by atoms with Gasteiger partial charge in [-0.15, -0.1) is 0 Å². The molecule has 119 heavy (non-hydrogen) atoms. The summed E-state index contributed by atoms with van der Waals surface area (Å²) in [5.74, 6) is 0. The summed E-state index contributed by atoms with van der Waals surface area (Å²) in [5, 5.41) is 6.36. The van der Waals surface area contributed by atoms with E-state index in [1.165, 1.54) is 33.0 Å². The Hall–Kier alpha value is -13.6. The molecule has 20 aromatic rings. The molecule has 0 aliphatic carbocycles. The molecule has 7 heteroatoms. The van der Waals surface area contributed by atoms with Crippen molar-refractivity contribution in [2.75, 3.05) is 9.80 Å². The van der Waals surface area contributed by atoms with Gasteiger partial charge in [0, 0.05) is 94.0 Å². The topological polar surface area (TPSA) is 34.4 Å². The summed E-state index contributed by atoms with van der Waals surface area (Å²) in [7, 11) is 0. The lowest BCUT2D eigenvalue weighted by Gasteiger charge is -2.45. The highest BCUT2D eigenvalue weighted by atomic mass is 16.3. The first-order valence-electron chi connectivity index (χ1n) is 45.5. The van der Waals surface area contributed by atoms with Crippen molar-refractivity contribution in [1.82, 2.24) is 13.7 Å². The highest BCUT2D eigenvalue weighted by Crippen LogP contribution is 2.54. The second kappa shape index (κ2) is 26.4. The maximum absolute atomic E-state index is 9.96.